The van der Waals surface area contributed by atoms with Crippen LogP contribution < -0.4 is 10.2 Å². The van der Waals surface area contributed by atoms with Gasteiger partial charge in [0.25, 0.3) is 5.91 Å². The number of aryl methyl sites for hydroxylation is 1. The number of rotatable bonds is 5. The number of ether oxygens (including phenoxy) is 1. The lowest BCUT2D eigenvalue weighted by molar-refractivity contribution is -0.122. The van der Waals surface area contributed by atoms with Gasteiger partial charge in [0.1, 0.15) is 0 Å². The van der Waals surface area contributed by atoms with Crippen molar-refractivity contribution in [1.29, 1.82) is 0 Å². The van der Waals surface area contributed by atoms with Gasteiger partial charge < -0.3 is 10.1 Å². The van der Waals surface area contributed by atoms with Crippen molar-refractivity contribution in [2.45, 2.75) is 32.6 Å². The van der Waals surface area contributed by atoms with Crippen molar-refractivity contribution in [2.75, 3.05) is 16.8 Å². The lowest BCUT2D eigenvalue weighted by Gasteiger charge is -2.19. The highest BCUT2D eigenvalue weighted by Crippen LogP contribution is 2.40. The SMILES string of the molecule is Cc1cc(NC(=O)COC(=O)c2cccc(N3C(=O)[C@H]4CCCC[C@H]4C3=O)c2)ccc1Br. The molecule has 0 radical (unpaired) electrons. The number of carbonyl (C=O) groups is 4. The van der Waals surface area contributed by atoms with E-state index in [4.69, 9.17) is 4.74 Å². The van der Waals surface area contributed by atoms with Crippen LogP contribution in [0.4, 0.5) is 11.4 Å². The molecular weight excluding hydrogens is 476 g/mol. The van der Waals surface area contributed by atoms with Crippen molar-refractivity contribution < 1.29 is 23.9 Å². The smallest absolute Gasteiger partial charge is 0.338 e. The molecule has 32 heavy (non-hydrogen) atoms. The summed E-state index contributed by atoms with van der Waals surface area (Å²) in [6.07, 6.45) is 3.34. The Morgan fingerprint density at radius 1 is 1.06 bits per heavy atom. The highest BCUT2D eigenvalue weighted by atomic mass is 79.9. The van der Waals surface area contributed by atoms with Gasteiger partial charge in [-0.1, -0.05) is 34.8 Å². The summed E-state index contributed by atoms with van der Waals surface area (Å²) in [7, 11) is 0. The summed E-state index contributed by atoms with van der Waals surface area (Å²) < 4.78 is 6.06. The van der Waals surface area contributed by atoms with Crippen LogP contribution in [-0.2, 0) is 19.1 Å². The largest absolute Gasteiger partial charge is 0.452 e. The molecule has 1 saturated carbocycles. The first-order valence-electron chi connectivity index (χ1n) is 10.6. The van der Waals surface area contributed by atoms with Crippen molar-refractivity contribution in [2.24, 2.45) is 11.8 Å². The highest BCUT2D eigenvalue weighted by Gasteiger charge is 2.48. The van der Waals surface area contributed by atoms with Gasteiger partial charge in [-0.15, -0.1) is 0 Å². The maximum absolute atomic E-state index is 12.8. The highest BCUT2D eigenvalue weighted by molar-refractivity contribution is 9.10. The molecule has 166 valence electrons. The molecule has 0 aromatic heterocycles. The number of hydrogen-bond acceptors (Lipinski definition) is 5. The van der Waals surface area contributed by atoms with Crippen LogP contribution in [0.3, 0.4) is 0 Å². The van der Waals surface area contributed by atoms with Crippen LogP contribution in [-0.4, -0.2) is 30.3 Å². The van der Waals surface area contributed by atoms with E-state index in [0.29, 0.717) is 11.4 Å². The zero-order chi connectivity index (χ0) is 22.8. The molecule has 0 unspecified atom stereocenters. The maximum atomic E-state index is 12.8. The average molecular weight is 499 g/mol. The molecule has 2 aliphatic rings. The van der Waals surface area contributed by atoms with Gasteiger partial charge in [-0.25, -0.2) is 4.79 Å². The van der Waals surface area contributed by atoms with E-state index in [0.717, 1.165) is 35.7 Å². The van der Waals surface area contributed by atoms with E-state index in [9.17, 15) is 19.2 Å². The Hall–Kier alpha value is -3.00. The third-order valence-corrected chi connectivity index (χ3v) is 6.85. The second-order valence-corrected chi connectivity index (χ2v) is 9.00. The number of nitrogens with zero attached hydrogens (tertiary/aromatic N) is 1. The summed E-state index contributed by atoms with van der Waals surface area (Å²) >= 11 is 3.40. The maximum Gasteiger partial charge on any atom is 0.338 e. The van der Waals surface area contributed by atoms with Crippen molar-refractivity contribution in [3.63, 3.8) is 0 Å². The first kappa shape index (κ1) is 22.2. The first-order valence-corrected chi connectivity index (χ1v) is 11.4. The summed E-state index contributed by atoms with van der Waals surface area (Å²) in [5.74, 6) is -2.10. The second-order valence-electron chi connectivity index (χ2n) is 8.15. The molecule has 0 bridgehead atoms. The Kier molecular flexibility index (Phi) is 6.41. The van der Waals surface area contributed by atoms with E-state index < -0.39 is 18.5 Å². The lowest BCUT2D eigenvalue weighted by Crippen LogP contribution is -2.31. The molecule has 7 nitrogen and oxygen atoms in total. The van der Waals surface area contributed by atoms with Crippen LogP contribution in [0.5, 0.6) is 0 Å². The van der Waals surface area contributed by atoms with Crippen molar-refractivity contribution in [1.82, 2.24) is 0 Å². The molecule has 1 N–H and O–H groups in total. The predicted octanol–water partition coefficient (Wildman–Crippen LogP) is 4.23. The fourth-order valence-corrected chi connectivity index (χ4v) is 4.57. The molecule has 1 aliphatic heterocycles. The predicted molar refractivity (Wildman–Crippen MR) is 122 cm³/mol. The van der Waals surface area contributed by atoms with Crippen LogP contribution in [0, 0.1) is 18.8 Å². The minimum Gasteiger partial charge on any atom is -0.452 e. The Bertz CT molecular complexity index is 1080. The monoisotopic (exact) mass is 498 g/mol. The molecule has 1 aliphatic carbocycles. The average Bonchev–Trinajstić information content (AvgIpc) is 3.05. The van der Waals surface area contributed by atoms with E-state index in [2.05, 4.69) is 21.2 Å². The fraction of sp³-hybridized carbons (Fsp3) is 0.333. The molecule has 4 rings (SSSR count). The molecule has 0 spiro atoms. The van der Waals surface area contributed by atoms with Crippen LogP contribution >= 0.6 is 15.9 Å². The van der Waals surface area contributed by atoms with Crippen LogP contribution in [0.15, 0.2) is 46.9 Å². The second kappa shape index (κ2) is 9.24. The lowest BCUT2D eigenvalue weighted by atomic mass is 9.81. The minimum atomic E-state index is -0.703. The van der Waals surface area contributed by atoms with Gasteiger partial charge in [0.2, 0.25) is 11.8 Å². The molecular formula is C24H23BrN2O5. The minimum absolute atomic E-state index is 0.172. The van der Waals surface area contributed by atoms with Crippen LogP contribution in [0.2, 0.25) is 0 Å². The standard InChI is InChI=1S/C24H23BrN2O5/c1-14-11-16(9-10-20(14)25)26-21(28)13-32-24(31)15-5-4-6-17(12-15)27-22(29)18-7-2-3-8-19(18)23(27)30/h4-6,9-12,18-19H,2-3,7-8,13H2,1H3,(H,26,28)/t18-,19+. The van der Waals surface area contributed by atoms with E-state index in [-0.39, 0.29) is 29.2 Å². The number of carbonyl (C=O) groups excluding carboxylic acids is 4. The Morgan fingerprint density at radius 2 is 1.75 bits per heavy atom. The molecule has 2 atom stereocenters. The van der Waals surface area contributed by atoms with Crippen molar-refractivity contribution >= 4 is 51.0 Å². The van der Waals surface area contributed by atoms with Gasteiger partial charge in [-0.2, -0.15) is 0 Å². The van der Waals surface area contributed by atoms with E-state index in [1.165, 1.54) is 17.0 Å². The Labute approximate surface area is 194 Å². The number of fused-ring (bicyclic) bond motifs is 1. The van der Waals surface area contributed by atoms with Gasteiger partial charge in [-0.3, -0.25) is 19.3 Å². The number of hydrogen-bond donors (Lipinski definition) is 1. The van der Waals surface area contributed by atoms with E-state index >= 15 is 0 Å². The zero-order valence-corrected chi connectivity index (χ0v) is 19.2. The third kappa shape index (κ3) is 4.46. The Balaban J connectivity index is 1.40. The molecule has 2 aromatic carbocycles. The number of benzene rings is 2. The normalized spacial score (nSPS) is 20.1. The molecule has 8 heteroatoms. The zero-order valence-electron chi connectivity index (χ0n) is 17.6. The number of nitrogens with one attached hydrogen (secondary N) is 1. The summed E-state index contributed by atoms with van der Waals surface area (Å²) in [6.45, 7) is 1.45. The summed E-state index contributed by atoms with van der Waals surface area (Å²) in [5, 5.41) is 2.68. The topological polar surface area (TPSA) is 92.8 Å². The molecule has 1 saturated heterocycles. The summed E-state index contributed by atoms with van der Waals surface area (Å²) in [6, 6.07) is 11.6. The summed E-state index contributed by atoms with van der Waals surface area (Å²) in [5.41, 5.74) is 2.09. The molecule has 3 amide bonds. The number of imide groups is 1. The number of halogens is 1. The van der Waals surface area contributed by atoms with Crippen LogP contribution in [0.25, 0.3) is 0 Å². The van der Waals surface area contributed by atoms with Gasteiger partial charge in [0, 0.05) is 10.2 Å². The van der Waals surface area contributed by atoms with Gasteiger partial charge in [0.15, 0.2) is 6.61 Å². The first-order chi connectivity index (χ1) is 15.3. The Morgan fingerprint density at radius 3 is 2.41 bits per heavy atom. The molecule has 2 aromatic rings. The molecule has 2 fully saturated rings. The molecule has 1 heterocycles. The number of amides is 3. The van der Waals surface area contributed by atoms with Crippen molar-refractivity contribution in [3.8, 4) is 0 Å². The fourth-order valence-electron chi connectivity index (χ4n) is 4.32. The van der Waals surface area contributed by atoms with E-state index in [1.807, 2.05) is 13.0 Å². The van der Waals surface area contributed by atoms with E-state index in [1.54, 1.807) is 24.3 Å². The van der Waals surface area contributed by atoms with Gasteiger partial charge in [0.05, 0.1) is 23.1 Å². The van der Waals surface area contributed by atoms with Gasteiger partial charge >= 0.3 is 5.97 Å². The van der Waals surface area contributed by atoms with Crippen LogP contribution in [0.1, 0.15) is 41.6 Å². The van der Waals surface area contributed by atoms with Gasteiger partial charge in [-0.05, 0) is 61.7 Å². The van der Waals surface area contributed by atoms with Crippen molar-refractivity contribution in [3.05, 3.63) is 58.1 Å². The number of anilines is 2. The summed E-state index contributed by atoms with van der Waals surface area (Å²) in [4.78, 5) is 51.4. The quantitative estimate of drug-likeness (QED) is 0.491. The third-order valence-electron chi connectivity index (χ3n) is 5.96. The number of esters is 1.